The lowest BCUT2D eigenvalue weighted by Crippen LogP contribution is -2.44. The molecule has 0 saturated carbocycles. The number of anilines is 2. The van der Waals surface area contributed by atoms with Crippen molar-refractivity contribution in [1.29, 1.82) is 0 Å². The van der Waals surface area contributed by atoms with Gasteiger partial charge in [0.15, 0.2) is 0 Å². The van der Waals surface area contributed by atoms with Crippen LogP contribution in [-0.2, 0) is 0 Å². The van der Waals surface area contributed by atoms with E-state index < -0.39 is 5.97 Å². The second-order valence-corrected chi connectivity index (χ2v) is 7.24. The summed E-state index contributed by atoms with van der Waals surface area (Å²) in [6.45, 7) is 5.38. The van der Waals surface area contributed by atoms with Gasteiger partial charge in [0.25, 0.3) is 0 Å². The summed E-state index contributed by atoms with van der Waals surface area (Å²) >= 11 is 0. The molecule has 8 nitrogen and oxygen atoms in total. The van der Waals surface area contributed by atoms with Crippen molar-refractivity contribution in [1.82, 2.24) is 20.6 Å². The average molecular weight is 382 g/mol. The topological polar surface area (TPSA) is 102 Å². The molecule has 4 heterocycles. The van der Waals surface area contributed by atoms with Gasteiger partial charge in [0.1, 0.15) is 11.6 Å². The second-order valence-electron chi connectivity index (χ2n) is 7.24. The Morgan fingerprint density at radius 1 is 1.11 bits per heavy atom. The fraction of sp³-hybridized carbons (Fsp3) is 0.450. The summed E-state index contributed by atoms with van der Waals surface area (Å²) in [5, 5.41) is 19.7. The van der Waals surface area contributed by atoms with Crippen molar-refractivity contribution in [2.24, 2.45) is 0 Å². The number of carboxylic acid groups (broad SMARTS) is 1. The van der Waals surface area contributed by atoms with Gasteiger partial charge in [0, 0.05) is 44.0 Å². The molecule has 0 unspecified atom stereocenters. The highest BCUT2D eigenvalue weighted by molar-refractivity contribution is 5.90. The Hall–Kier alpha value is -2.71. The van der Waals surface area contributed by atoms with E-state index in [-0.39, 0.29) is 5.56 Å². The van der Waals surface area contributed by atoms with Crippen molar-refractivity contribution in [2.45, 2.75) is 18.9 Å². The molecule has 0 atom stereocenters. The van der Waals surface area contributed by atoms with E-state index in [0.717, 1.165) is 63.5 Å². The van der Waals surface area contributed by atoms with Crippen LogP contribution in [0.15, 0.2) is 30.5 Å². The maximum atomic E-state index is 11.7. The van der Waals surface area contributed by atoms with Crippen LogP contribution in [0.4, 0.5) is 11.6 Å². The number of carboxylic acids is 1. The molecule has 2 aliphatic rings. The van der Waals surface area contributed by atoms with Gasteiger partial charge >= 0.3 is 5.97 Å². The predicted octanol–water partition coefficient (Wildman–Crippen LogP) is 1.42. The van der Waals surface area contributed by atoms with Gasteiger partial charge in [0.05, 0.1) is 11.3 Å². The molecule has 2 saturated heterocycles. The van der Waals surface area contributed by atoms with E-state index in [1.807, 2.05) is 12.1 Å². The van der Waals surface area contributed by atoms with Crippen molar-refractivity contribution in [3.8, 4) is 11.3 Å². The van der Waals surface area contributed by atoms with Crippen LogP contribution in [0, 0.1) is 0 Å². The molecule has 148 valence electrons. The van der Waals surface area contributed by atoms with Crippen molar-refractivity contribution >= 4 is 17.6 Å². The Balaban J connectivity index is 1.62. The Bertz CT molecular complexity index is 831. The molecule has 4 N–H and O–H groups in total. The summed E-state index contributed by atoms with van der Waals surface area (Å²) in [4.78, 5) is 23.0. The van der Waals surface area contributed by atoms with E-state index in [4.69, 9.17) is 4.98 Å². The first-order valence-electron chi connectivity index (χ1n) is 9.84. The fourth-order valence-corrected chi connectivity index (χ4v) is 3.69. The highest BCUT2D eigenvalue weighted by Gasteiger charge is 2.17. The number of aromatic carboxylic acids is 1. The Morgan fingerprint density at radius 3 is 2.61 bits per heavy atom. The molecular weight excluding hydrogens is 356 g/mol. The molecule has 28 heavy (non-hydrogen) atoms. The van der Waals surface area contributed by atoms with Crippen LogP contribution in [0.1, 0.15) is 23.2 Å². The number of piperidine rings is 1. The normalized spacial score (nSPS) is 18.1. The van der Waals surface area contributed by atoms with Gasteiger partial charge in [-0.05, 0) is 50.2 Å². The van der Waals surface area contributed by atoms with Gasteiger partial charge in [-0.1, -0.05) is 0 Å². The smallest absolute Gasteiger partial charge is 0.335 e. The zero-order chi connectivity index (χ0) is 19.3. The van der Waals surface area contributed by atoms with Gasteiger partial charge in [-0.15, -0.1) is 0 Å². The average Bonchev–Trinajstić information content (AvgIpc) is 2.75. The Labute approximate surface area is 164 Å². The van der Waals surface area contributed by atoms with Crippen molar-refractivity contribution in [3.63, 3.8) is 0 Å². The molecule has 2 aliphatic heterocycles. The van der Waals surface area contributed by atoms with E-state index in [1.54, 1.807) is 18.3 Å². The van der Waals surface area contributed by atoms with E-state index in [9.17, 15) is 9.90 Å². The number of piperazine rings is 1. The van der Waals surface area contributed by atoms with Crippen LogP contribution in [0.25, 0.3) is 11.3 Å². The molecular formula is C20H26N6O2. The summed E-state index contributed by atoms with van der Waals surface area (Å²) in [5.41, 5.74) is 1.78. The lowest BCUT2D eigenvalue weighted by Gasteiger charge is -2.29. The molecule has 2 aromatic heterocycles. The first-order chi connectivity index (χ1) is 13.7. The number of aromatic nitrogens is 2. The number of pyridine rings is 2. The van der Waals surface area contributed by atoms with Gasteiger partial charge in [0.2, 0.25) is 0 Å². The minimum absolute atomic E-state index is 0.253. The predicted molar refractivity (Wildman–Crippen MR) is 109 cm³/mol. The highest BCUT2D eigenvalue weighted by atomic mass is 16.4. The van der Waals surface area contributed by atoms with Crippen LogP contribution >= 0.6 is 0 Å². The van der Waals surface area contributed by atoms with Crippen molar-refractivity contribution in [2.75, 3.05) is 49.5 Å². The zero-order valence-corrected chi connectivity index (χ0v) is 15.8. The molecule has 0 radical (unpaired) electrons. The molecule has 0 bridgehead atoms. The largest absolute Gasteiger partial charge is 0.478 e. The Kier molecular flexibility index (Phi) is 5.68. The van der Waals surface area contributed by atoms with Crippen LogP contribution in [-0.4, -0.2) is 66.4 Å². The number of nitrogens with one attached hydrogen (secondary N) is 3. The number of rotatable bonds is 5. The third-order valence-corrected chi connectivity index (χ3v) is 5.25. The molecule has 0 amide bonds. The SMILES string of the molecule is O=C(O)c1cc(-c2ccnc(NC3CCNCC3)c2)nc(N2CCNCC2)c1. The monoisotopic (exact) mass is 382 g/mol. The van der Waals surface area contributed by atoms with Gasteiger partial charge in [-0.25, -0.2) is 14.8 Å². The van der Waals surface area contributed by atoms with Crippen molar-refractivity contribution < 1.29 is 9.90 Å². The summed E-state index contributed by atoms with van der Waals surface area (Å²) in [7, 11) is 0. The van der Waals surface area contributed by atoms with E-state index in [0.29, 0.717) is 17.6 Å². The third kappa shape index (κ3) is 4.40. The molecule has 8 heteroatoms. The minimum atomic E-state index is -0.942. The van der Waals surface area contributed by atoms with Gasteiger partial charge in [-0.2, -0.15) is 0 Å². The van der Waals surface area contributed by atoms with Crippen LogP contribution in [0.5, 0.6) is 0 Å². The number of nitrogens with zero attached hydrogens (tertiary/aromatic N) is 3. The molecule has 0 spiro atoms. The maximum absolute atomic E-state index is 11.7. The molecule has 0 aromatic carbocycles. The lowest BCUT2D eigenvalue weighted by molar-refractivity contribution is 0.0697. The fourth-order valence-electron chi connectivity index (χ4n) is 3.69. The van der Waals surface area contributed by atoms with E-state index in [2.05, 4.69) is 25.8 Å². The first-order valence-corrected chi connectivity index (χ1v) is 9.84. The summed E-state index contributed by atoms with van der Waals surface area (Å²) < 4.78 is 0. The zero-order valence-electron chi connectivity index (χ0n) is 15.8. The lowest BCUT2D eigenvalue weighted by atomic mass is 10.1. The Morgan fingerprint density at radius 2 is 1.86 bits per heavy atom. The second kappa shape index (κ2) is 8.53. The first kappa shape index (κ1) is 18.6. The van der Waals surface area contributed by atoms with Crippen LogP contribution in [0.2, 0.25) is 0 Å². The summed E-state index contributed by atoms with van der Waals surface area (Å²) in [6.07, 6.45) is 3.87. The summed E-state index contributed by atoms with van der Waals surface area (Å²) in [6, 6.07) is 7.53. The molecule has 2 fully saturated rings. The summed E-state index contributed by atoms with van der Waals surface area (Å²) in [5.74, 6) is 0.568. The van der Waals surface area contributed by atoms with E-state index >= 15 is 0 Å². The highest BCUT2D eigenvalue weighted by Crippen LogP contribution is 2.25. The van der Waals surface area contributed by atoms with Crippen molar-refractivity contribution in [3.05, 3.63) is 36.0 Å². The maximum Gasteiger partial charge on any atom is 0.335 e. The quantitative estimate of drug-likeness (QED) is 0.616. The van der Waals surface area contributed by atoms with Crippen LogP contribution < -0.4 is 20.9 Å². The van der Waals surface area contributed by atoms with Crippen LogP contribution in [0.3, 0.4) is 0 Å². The molecule has 2 aromatic rings. The number of hydrogen-bond acceptors (Lipinski definition) is 7. The van der Waals surface area contributed by atoms with Gasteiger partial charge in [-0.3, -0.25) is 0 Å². The van der Waals surface area contributed by atoms with E-state index in [1.165, 1.54) is 0 Å². The number of hydrogen-bond donors (Lipinski definition) is 4. The minimum Gasteiger partial charge on any atom is -0.478 e. The third-order valence-electron chi connectivity index (χ3n) is 5.25. The standard InChI is InChI=1S/C20H26N6O2/c27-20(28)15-11-17(25-19(13-15)26-9-7-22-8-10-26)14-1-6-23-18(12-14)24-16-2-4-21-5-3-16/h1,6,11-13,16,21-22H,2-5,7-10H2,(H,23,24)(H,27,28). The van der Waals surface area contributed by atoms with Gasteiger partial charge < -0.3 is 26.0 Å². The number of carbonyl (C=O) groups is 1. The molecule has 4 rings (SSSR count). The molecule has 0 aliphatic carbocycles.